The lowest BCUT2D eigenvalue weighted by atomic mass is 10.0. The number of ether oxygens (including phenoxy) is 1. The summed E-state index contributed by atoms with van der Waals surface area (Å²) in [5, 5.41) is 0. The minimum absolute atomic E-state index is 0.678. The standard InChI is InChI=1S/C13H14N2O/c1-16-13-7-10(6-12(15)8-13)9-3-2-4-11(14)5-9/h2-8H,14-15H2,1H3. The molecule has 2 aromatic carbocycles. The van der Waals surface area contributed by atoms with E-state index in [9.17, 15) is 0 Å². The molecule has 0 aromatic heterocycles. The fourth-order valence-electron chi connectivity index (χ4n) is 1.62. The van der Waals surface area contributed by atoms with E-state index >= 15 is 0 Å². The maximum Gasteiger partial charge on any atom is 0.121 e. The number of anilines is 2. The van der Waals surface area contributed by atoms with E-state index < -0.39 is 0 Å². The average molecular weight is 214 g/mol. The van der Waals surface area contributed by atoms with Gasteiger partial charge in [0.25, 0.3) is 0 Å². The van der Waals surface area contributed by atoms with Crippen LogP contribution >= 0.6 is 0 Å². The molecule has 4 N–H and O–H groups in total. The van der Waals surface area contributed by atoms with Gasteiger partial charge >= 0.3 is 0 Å². The number of methoxy groups -OCH3 is 1. The Hall–Kier alpha value is -2.16. The Morgan fingerprint density at radius 2 is 1.62 bits per heavy atom. The summed E-state index contributed by atoms with van der Waals surface area (Å²) in [6.45, 7) is 0. The Bertz CT molecular complexity index is 509. The van der Waals surface area contributed by atoms with Crippen LogP contribution in [0.1, 0.15) is 0 Å². The molecule has 0 aliphatic heterocycles. The molecule has 2 aromatic rings. The molecule has 0 saturated heterocycles. The smallest absolute Gasteiger partial charge is 0.121 e. The summed E-state index contributed by atoms with van der Waals surface area (Å²) in [7, 11) is 1.62. The lowest BCUT2D eigenvalue weighted by Crippen LogP contribution is -1.91. The van der Waals surface area contributed by atoms with Crippen LogP contribution in [0.5, 0.6) is 5.75 Å². The molecule has 0 heterocycles. The summed E-state index contributed by atoms with van der Waals surface area (Å²) in [6, 6.07) is 13.3. The van der Waals surface area contributed by atoms with E-state index in [0.717, 1.165) is 22.6 Å². The zero-order valence-corrected chi connectivity index (χ0v) is 9.10. The third kappa shape index (κ3) is 2.08. The third-order valence-electron chi connectivity index (χ3n) is 2.38. The van der Waals surface area contributed by atoms with Crippen molar-refractivity contribution in [1.29, 1.82) is 0 Å². The van der Waals surface area contributed by atoms with E-state index in [4.69, 9.17) is 16.2 Å². The number of nitrogen functional groups attached to an aromatic ring is 2. The topological polar surface area (TPSA) is 61.3 Å². The van der Waals surface area contributed by atoms with Gasteiger partial charge in [0.15, 0.2) is 0 Å². The Kier molecular flexibility index (Phi) is 2.68. The van der Waals surface area contributed by atoms with Crippen LogP contribution in [0.3, 0.4) is 0 Å². The molecule has 16 heavy (non-hydrogen) atoms. The second-order valence-electron chi connectivity index (χ2n) is 3.62. The molecule has 0 radical (unpaired) electrons. The number of hydrogen-bond donors (Lipinski definition) is 2. The largest absolute Gasteiger partial charge is 0.497 e. The lowest BCUT2D eigenvalue weighted by Gasteiger charge is -2.07. The first-order valence-corrected chi connectivity index (χ1v) is 4.99. The van der Waals surface area contributed by atoms with E-state index in [1.807, 2.05) is 36.4 Å². The minimum atomic E-state index is 0.678. The van der Waals surface area contributed by atoms with Gasteiger partial charge in [0.05, 0.1) is 7.11 Å². The zero-order valence-electron chi connectivity index (χ0n) is 9.10. The molecule has 0 amide bonds. The first kappa shape index (κ1) is 10.4. The predicted molar refractivity (Wildman–Crippen MR) is 67.3 cm³/mol. The van der Waals surface area contributed by atoms with Crippen molar-refractivity contribution in [2.45, 2.75) is 0 Å². The molecule has 0 spiro atoms. The van der Waals surface area contributed by atoms with Gasteiger partial charge in [0.1, 0.15) is 5.75 Å². The van der Waals surface area contributed by atoms with Crippen LogP contribution in [0.25, 0.3) is 11.1 Å². The van der Waals surface area contributed by atoms with E-state index in [1.165, 1.54) is 0 Å². The molecule has 3 heteroatoms. The molecule has 0 saturated carbocycles. The molecular weight excluding hydrogens is 200 g/mol. The van der Waals surface area contributed by atoms with Crippen molar-refractivity contribution in [3.05, 3.63) is 42.5 Å². The van der Waals surface area contributed by atoms with Gasteiger partial charge in [-0.05, 0) is 35.4 Å². The van der Waals surface area contributed by atoms with Gasteiger partial charge in [0, 0.05) is 17.4 Å². The maximum atomic E-state index is 5.80. The van der Waals surface area contributed by atoms with E-state index in [-0.39, 0.29) is 0 Å². The third-order valence-corrected chi connectivity index (χ3v) is 2.38. The Balaban J connectivity index is 2.51. The molecule has 0 bridgehead atoms. The summed E-state index contributed by atoms with van der Waals surface area (Å²) < 4.78 is 5.18. The summed E-state index contributed by atoms with van der Waals surface area (Å²) in [4.78, 5) is 0. The molecule has 0 fully saturated rings. The summed E-state index contributed by atoms with van der Waals surface area (Å²) in [5.74, 6) is 0.748. The van der Waals surface area contributed by atoms with Crippen LogP contribution in [0.15, 0.2) is 42.5 Å². The van der Waals surface area contributed by atoms with E-state index in [0.29, 0.717) is 5.69 Å². The molecule has 0 atom stereocenters. The Morgan fingerprint density at radius 1 is 0.875 bits per heavy atom. The van der Waals surface area contributed by atoms with Gasteiger partial charge in [-0.3, -0.25) is 0 Å². The number of hydrogen-bond acceptors (Lipinski definition) is 3. The highest BCUT2D eigenvalue weighted by Gasteiger charge is 2.02. The minimum Gasteiger partial charge on any atom is -0.497 e. The number of nitrogens with two attached hydrogens (primary N) is 2. The normalized spacial score (nSPS) is 10.1. The van der Waals surface area contributed by atoms with Crippen molar-refractivity contribution in [1.82, 2.24) is 0 Å². The van der Waals surface area contributed by atoms with Crippen molar-refractivity contribution in [2.24, 2.45) is 0 Å². The average Bonchev–Trinajstić information content (AvgIpc) is 2.28. The summed E-state index contributed by atoms with van der Waals surface area (Å²) >= 11 is 0. The van der Waals surface area contributed by atoms with Gasteiger partial charge in [-0.25, -0.2) is 0 Å². The monoisotopic (exact) mass is 214 g/mol. The zero-order chi connectivity index (χ0) is 11.5. The van der Waals surface area contributed by atoms with Gasteiger partial charge in [0.2, 0.25) is 0 Å². The van der Waals surface area contributed by atoms with Gasteiger partial charge < -0.3 is 16.2 Å². The number of benzene rings is 2. The van der Waals surface area contributed by atoms with Crippen molar-refractivity contribution in [3.8, 4) is 16.9 Å². The second kappa shape index (κ2) is 4.14. The molecule has 2 rings (SSSR count). The fourth-order valence-corrected chi connectivity index (χ4v) is 1.62. The first-order valence-electron chi connectivity index (χ1n) is 4.99. The Labute approximate surface area is 94.6 Å². The van der Waals surface area contributed by atoms with Crippen molar-refractivity contribution < 1.29 is 4.74 Å². The predicted octanol–water partition coefficient (Wildman–Crippen LogP) is 2.53. The molecule has 0 unspecified atom stereocenters. The molecule has 0 aliphatic rings. The SMILES string of the molecule is COc1cc(N)cc(-c2cccc(N)c2)c1. The van der Waals surface area contributed by atoms with Gasteiger partial charge in [-0.2, -0.15) is 0 Å². The first-order chi connectivity index (χ1) is 7.69. The van der Waals surface area contributed by atoms with Gasteiger partial charge in [-0.1, -0.05) is 12.1 Å². The van der Waals surface area contributed by atoms with Crippen LogP contribution < -0.4 is 16.2 Å². The van der Waals surface area contributed by atoms with Crippen LogP contribution in [-0.4, -0.2) is 7.11 Å². The fraction of sp³-hybridized carbons (Fsp3) is 0.0769. The molecule has 82 valence electrons. The highest BCUT2D eigenvalue weighted by molar-refractivity contribution is 5.72. The Morgan fingerprint density at radius 3 is 2.31 bits per heavy atom. The highest BCUT2D eigenvalue weighted by Crippen LogP contribution is 2.28. The van der Waals surface area contributed by atoms with Crippen LogP contribution in [-0.2, 0) is 0 Å². The lowest BCUT2D eigenvalue weighted by molar-refractivity contribution is 0.415. The van der Waals surface area contributed by atoms with Crippen molar-refractivity contribution in [3.63, 3.8) is 0 Å². The van der Waals surface area contributed by atoms with E-state index in [2.05, 4.69) is 0 Å². The molecule has 3 nitrogen and oxygen atoms in total. The quantitative estimate of drug-likeness (QED) is 0.755. The summed E-state index contributed by atoms with van der Waals surface area (Å²) in [6.07, 6.45) is 0. The molecule has 0 aliphatic carbocycles. The van der Waals surface area contributed by atoms with Crippen LogP contribution in [0.4, 0.5) is 11.4 Å². The highest BCUT2D eigenvalue weighted by atomic mass is 16.5. The van der Waals surface area contributed by atoms with Gasteiger partial charge in [-0.15, -0.1) is 0 Å². The van der Waals surface area contributed by atoms with Crippen LogP contribution in [0.2, 0.25) is 0 Å². The molecular formula is C13H14N2O. The number of rotatable bonds is 2. The van der Waals surface area contributed by atoms with Crippen LogP contribution in [0, 0.1) is 0 Å². The maximum absolute atomic E-state index is 5.80. The van der Waals surface area contributed by atoms with Crippen molar-refractivity contribution >= 4 is 11.4 Å². The summed E-state index contributed by atoms with van der Waals surface area (Å²) in [5.41, 5.74) is 15.0. The second-order valence-corrected chi connectivity index (χ2v) is 3.62. The van der Waals surface area contributed by atoms with Crippen molar-refractivity contribution in [2.75, 3.05) is 18.6 Å². The van der Waals surface area contributed by atoms with E-state index in [1.54, 1.807) is 13.2 Å².